The van der Waals surface area contributed by atoms with Crippen LogP contribution in [-0.2, 0) is 6.42 Å². The van der Waals surface area contributed by atoms with Gasteiger partial charge in [0.05, 0.1) is 12.3 Å². The molecule has 1 heterocycles. The summed E-state index contributed by atoms with van der Waals surface area (Å²) >= 11 is 0. The number of benzene rings is 3. The summed E-state index contributed by atoms with van der Waals surface area (Å²) in [4.78, 5) is 17.3. The van der Waals surface area contributed by atoms with Gasteiger partial charge in [-0.2, -0.15) is 4.98 Å². The summed E-state index contributed by atoms with van der Waals surface area (Å²) in [6.45, 7) is 6.62. The fourth-order valence-electron chi connectivity index (χ4n) is 3.65. The molecule has 4 rings (SSSR count). The summed E-state index contributed by atoms with van der Waals surface area (Å²) < 4.78 is 7.31. The number of unbranched alkanes of at least 4 members (excludes halogenated alkanes) is 1. The number of aryl methyl sites for hydroxylation is 2. The highest BCUT2D eigenvalue weighted by Crippen LogP contribution is 2.25. The Morgan fingerprint density at radius 1 is 0.941 bits per heavy atom. The number of nitrogens with zero attached hydrogens (tertiary/aromatic N) is 3. The highest BCUT2D eigenvalue weighted by atomic mass is 16.5. The number of carbonyl (C=O) groups excluding carboxylic acids is 1. The minimum atomic E-state index is -0.130. The topological polar surface area (TPSA) is 69.0 Å². The van der Waals surface area contributed by atoms with Gasteiger partial charge in [0.15, 0.2) is 5.82 Å². The second-order valence-electron chi connectivity index (χ2n) is 8.23. The van der Waals surface area contributed by atoms with Crippen LogP contribution in [0.25, 0.3) is 17.1 Å². The van der Waals surface area contributed by atoms with Crippen molar-refractivity contribution >= 4 is 11.6 Å². The van der Waals surface area contributed by atoms with E-state index in [0.717, 1.165) is 30.5 Å². The molecular formula is C28H30N4O2. The highest BCUT2D eigenvalue weighted by Gasteiger charge is 2.15. The Kier molecular flexibility index (Phi) is 7.38. The third-order valence-corrected chi connectivity index (χ3v) is 5.58. The number of nitrogens with one attached hydrogen (secondary N) is 1. The summed E-state index contributed by atoms with van der Waals surface area (Å²) in [6.07, 6.45) is 3.35. The molecule has 1 N–H and O–H groups in total. The molecule has 1 amide bonds. The van der Waals surface area contributed by atoms with Crippen molar-refractivity contribution in [1.82, 2.24) is 14.8 Å². The number of ether oxygens (including phenoxy) is 1. The van der Waals surface area contributed by atoms with E-state index in [-0.39, 0.29) is 5.91 Å². The number of hydrogen-bond donors (Lipinski definition) is 1. The zero-order valence-electron chi connectivity index (χ0n) is 19.9. The van der Waals surface area contributed by atoms with E-state index in [0.29, 0.717) is 29.7 Å². The molecule has 0 aliphatic carbocycles. The second kappa shape index (κ2) is 10.8. The van der Waals surface area contributed by atoms with Crippen LogP contribution in [0.4, 0.5) is 5.69 Å². The maximum atomic E-state index is 12.7. The van der Waals surface area contributed by atoms with Crippen molar-refractivity contribution < 1.29 is 9.53 Å². The number of amides is 1. The van der Waals surface area contributed by atoms with Crippen LogP contribution in [0.2, 0.25) is 0 Å². The first-order valence-corrected chi connectivity index (χ1v) is 11.7. The molecule has 0 saturated heterocycles. The van der Waals surface area contributed by atoms with Gasteiger partial charge in [-0.1, -0.05) is 55.3 Å². The van der Waals surface area contributed by atoms with E-state index in [9.17, 15) is 4.79 Å². The first-order chi connectivity index (χ1) is 16.6. The third-order valence-electron chi connectivity index (χ3n) is 5.58. The quantitative estimate of drug-likeness (QED) is 0.325. The first-order valence-electron chi connectivity index (χ1n) is 11.7. The van der Waals surface area contributed by atoms with Gasteiger partial charge < -0.3 is 10.1 Å². The molecule has 6 nitrogen and oxygen atoms in total. The fraction of sp³-hybridized carbons (Fsp3) is 0.250. The Morgan fingerprint density at radius 3 is 2.29 bits per heavy atom. The van der Waals surface area contributed by atoms with Crippen LogP contribution in [0.5, 0.6) is 6.01 Å². The van der Waals surface area contributed by atoms with E-state index < -0.39 is 0 Å². The van der Waals surface area contributed by atoms with Gasteiger partial charge in [-0.3, -0.25) is 4.79 Å². The Labute approximate surface area is 200 Å². The first kappa shape index (κ1) is 23.2. The average Bonchev–Trinajstić information content (AvgIpc) is 3.28. The molecule has 4 aromatic rings. The zero-order chi connectivity index (χ0) is 23.9. The molecule has 0 saturated carbocycles. The van der Waals surface area contributed by atoms with Crippen molar-refractivity contribution in [3.8, 4) is 23.1 Å². The second-order valence-corrected chi connectivity index (χ2v) is 8.23. The third kappa shape index (κ3) is 5.52. The molecular weight excluding hydrogens is 424 g/mol. The Hall–Kier alpha value is -3.93. The predicted octanol–water partition coefficient (Wildman–Crippen LogP) is 6.24. The van der Waals surface area contributed by atoms with Crippen LogP contribution >= 0.6 is 0 Å². The van der Waals surface area contributed by atoms with E-state index in [1.807, 2.05) is 86.6 Å². The van der Waals surface area contributed by atoms with Crippen LogP contribution in [0.3, 0.4) is 0 Å². The van der Waals surface area contributed by atoms with E-state index in [4.69, 9.17) is 4.74 Å². The van der Waals surface area contributed by atoms with Crippen molar-refractivity contribution in [3.05, 3.63) is 89.5 Å². The number of aromatic nitrogens is 3. The monoisotopic (exact) mass is 454 g/mol. The Bertz CT molecular complexity index is 1230. The number of hydrogen-bond acceptors (Lipinski definition) is 4. The lowest BCUT2D eigenvalue weighted by atomic mass is 10.1. The van der Waals surface area contributed by atoms with Gasteiger partial charge in [-0.05, 0) is 68.7 Å². The van der Waals surface area contributed by atoms with Crippen LogP contribution in [-0.4, -0.2) is 27.3 Å². The summed E-state index contributed by atoms with van der Waals surface area (Å²) in [6, 6.07) is 23.8. The summed E-state index contributed by atoms with van der Waals surface area (Å²) in [7, 11) is 0. The molecule has 0 fully saturated rings. The van der Waals surface area contributed by atoms with E-state index in [1.54, 1.807) is 4.68 Å². The van der Waals surface area contributed by atoms with Gasteiger partial charge in [0.1, 0.15) is 0 Å². The Balaban J connectivity index is 1.52. The normalized spacial score (nSPS) is 10.8. The Morgan fingerprint density at radius 2 is 1.65 bits per heavy atom. The molecule has 0 atom stereocenters. The summed E-state index contributed by atoms with van der Waals surface area (Å²) in [5.41, 5.74) is 5.56. The molecule has 174 valence electrons. The minimum Gasteiger partial charge on any atom is -0.463 e. The van der Waals surface area contributed by atoms with Crippen molar-refractivity contribution in [1.29, 1.82) is 0 Å². The molecule has 0 unspecified atom stereocenters. The SMILES string of the molecule is CCCCc1ccc(C(=O)Nc2ccc(-n3nc(OCC)nc3-c3ccc(C)cc3)cc2)cc1. The molecule has 34 heavy (non-hydrogen) atoms. The average molecular weight is 455 g/mol. The van der Waals surface area contributed by atoms with Crippen molar-refractivity contribution in [2.45, 2.75) is 40.0 Å². The van der Waals surface area contributed by atoms with Gasteiger partial charge in [-0.25, -0.2) is 4.68 Å². The summed E-state index contributed by atoms with van der Waals surface area (Å²) in [5.74, 6) is 0.568. The molecule has 0 aliphatic rings. The fourth-order valence-corrected chi connectivity index (χ4v) is 3.65. The van der Waals surface area contributed by atoms with Crippen molar-refractivity contribution in [3.63, 3.8) is 0 Å². The largest absolute Gasteiger partial charge is 0.463 e. The lowest BCUT2D eigenvalue weighted by Crippen LogP contribution is -2.12. The van der Waals surface area contributed by atoms with Gasteiger partial charge in [0.2, 0.25) is 0 Å². The standard InChI is InChI=1S/C28H30N4O2/c1-4-6-7-21-10-14-23(15-11-21)27(33)29-24-16-18-25(19-17-24)32-26(30-28(31-32)34-5-2)22-12-8-20(3)9-13-22/h8-19H,4-7H2,1-3H3,(H,29,33). The predicted molar refractivity (Wildman–Crippen MR) is 136 cm³/mol. The lowest BCUT2D eigenvalue weighted by Gasteiger charge is -2.09. The molecule has 0 spiro atoms. The van der Waals surface area contributed by atoms with Crippen LogP contribution < -0.4 is 10.1 Å². The van der Waals surface area contributed by atoms with Gasteiger partial charge in [0, 0.05) is 16.8 Å². The van der Waals surface area contributed by atoms with E-state index in [1.165, 1.54) is 11.1 Å². The molecule has 0 bridgehead atoms. The maximum absolute atomic E-state index is 12.7. The maximum Gasteiger partial charge on any atom is 0.336 e. The van der Waals surface area contributed by atoms with Crippen LogP contribution in [0.1, 0.15) is 48.2 Å². The molecule has 0 radical (unpaired) electrons. The molecule has 1 aromatic heterocycles. The highest BCUT2D eigenvalue weighted by molar-refractivity contribution is 6.04. The molecule has 3 aromatic carbocycles. The summed E-state index contributed by atoms with van der Waals surface area (Å²) in [5, 5.41) is 7.50. The van der Waals surface area contributed by atoms with Gasteiger partial charge in [0.25, 0.3) is 5.91 Å². The van der Waals surface area contributed by atoms with Crippen LogP contribution in [0, 0.1) is 6.92 Å². The zero-order valence-corrected chi connectivity index (χ0v) is 19.9. The van der Waals surface area contributed by atoms with Gasteiger partial charge in [-0.15, -0.1) is 5.10 Å². The number of rotatable bonds is 9. The van der Waals surface area contributed by atoms with Crippen molar-refractivity contribution in [2.75, 3.05) is 11.9 Å². The number of carbonyl (C=O) groups is 1. The smallest absolute Gasteiger partial charge is 0.336 e. The number of anilines is 1. The van der Waals surface area contributed by atoms with Crippen molar-refractivity contribution in [2.24, 2.45) is 0 Å². The minimum absolute atomic E-state index is 0.130. The van der Waals surface area contributed by atoms with E-state index >= 15 is 0 Å². The van der Waals surface area contributed by atoms with Crippen LogP contribution in [0.15, 0.2) is 72.8 Å². The van der Waals surface area contributed by atoms with E-state index in [2.05, 4.69) is 22.3 Å². The molecule has 6 heteroatoms. The molecule has 0 aliphatic heterocycles. The van der Waals surface area contributed by atoms with Gasteiger partial charge >= 0.3 is 6.01 Å². The lowest BCUT2D eigenvalue weighted by molar-refractivity contribution is 0.102.